The maximum atomic E-state index is 12.8. The molecule has 1 aliphatic rings. The van der Waals surface area contributed by atoms with E-state index >= 15 is 0 Å². The fourth-order valence-electron chi connectivity index (χ4n) is 7.68. The number of esters is 6. The maximum Gasteiger partial charge on any atom is 0.343 e. The Morgan fingerprint density at radius 2 is 0.925 bits per heavy atom. The summed E-state index contributed by atoms with van der Waals surface area (Å²) >= 11 is 0. The third-order valence-electron chi connectivity index (χ3n) is 11.8. The first-order valence-electron chi connectivity index (χ1n) is 25.0. The summed E-state index contributed by atoms with van der Waals surface area (Å²) in [5.41, 5.74) is 2.14. The van der Waals surface area contributed by atoms with Gasteiger partial charge < -0.3 is 33.2 Å². The second-order valence-electron chi connectivity index (χ2n) is 17.6. The van der Waals surface area contributed by atoms with E-state index in [0.29, 0.717) is 93.1 Å². The molecule has 67 heavy (non-hydrogen) atoms. The van der Waals surface area contributed by atoms with Crippen molar-refractivity contribution in [2.24, 2.45) is 5.92 Å². The smallest absolute Gasteiger partial charge is 0.343 e. The Labute approximate surface area is 399 Å². The Balaban J connectivity index is 1.07. The summed E-state index contributed by atoms with van der Waals surface area (Å²) in [6.45, 7) is 9.15. The maximum absolute atomic E-state index is 12.8. The summed E-state index contributed by atoms with van der Waals surface area (Å²) in [5.74, 6) is 0.623. The molecule has 372 valence electrons. The Bertz CT molecular complexity index is 1750. The molecule has 13 nitrogen and oxygen atoms in total. The van der Waals surface area contributed by atoms with Crippen LogP contribution >= 0.6 is 0 Å². The highest BCUT2D eigenvalue weighted by Gasteiger charge is 2.22. The first-order valence-corrected chi connectivity index (χ1v) is 25.0. The quantitative estimate of drug-likeness (QED) is 0.0208. The van der Waals surface area contributed by atoms with Crippen molar-refractivity contribution in [3.05, 3.63) is 71.8 Å². The van der Waals surface area contributed by atoms with Crippen LogP contribution in [0.15, 0.2) is 60.7 Å². The van der Waals surface area contributed by atoms with Crippen LogP contribution in [0.3, 0.4) is 0 Å². The normalized spacial score (nSPS) is 14.4. The first-order chi connectivity index (χ1) is 32.5. The predicted molar refractivity (Wildman–Crippen MR) is 256 cm³/mol. The molecule has 0 spiro atoms. The number of unbranched alkanes of at least 4 members (excludes halogenated alkanes) is 9. The molecule has 0 amide bonds. The fraction of sp³-hybridized carbons (Fsp3) is 0.630. The van der Waals surface area contributed by atoms with Crippen LogP contribution in [0, 0.1) is 5.92 Å². The van der Waals surface area contributed by atoms with Gasteiger partial charge in [0.1, 0.15) is 11.5 Å². The molecule has 0 aliphatic heterocycles. The summed E-state index contributed by atoms with van der Waals surface area (Å²) in [5, 5.41) is 0. The molecule has 0 heterocycles. The highest BCUT2D eigenvalue weighted by atomic mass is 16.6. The molecule has 13 heteroatoms. The van der Waals surface area contributed by atoms with Gasteiger partial charge in [-0.05, 0) is 163 Å². The van der Waals surface area contributed by atoms with E-state index in [0.717, 1.165) is 31.6 Å². The van der Waals surface area contributed by atoms with Gasteiger partial charge in [0.2, 0.25) is 0 Å². The first kappa shape index (κ1) is 56.1. The van der Waals surface area contributed by atoms with E-state index in [1.165, 1.54) is 56.9 Å². The van der Waals surface area contributed by atoms with E-state index in [2.05, 4.69) is 25.6 Å². The van der Waals surface area contributed by atoms with E-state index in [1.54, 1.807) is 31.2 Å². The molecule has 0 bridgehead atoms. The Morgan fingerprint density at radius 3 is 1.39 bits per heavy atom. The van der Waals surface area contributed by atoms with Gasteiger partial charge in [0.25, 0.3) is 0 Å². The van der Waals surface area contributed by atoms with Crippen LogP contribution in [-0.2, 0) is 47.7 Å². The van der Waals surface area contributed by atoms with Crippen molar-refractivity contribution in [3.8, 4) is 11.5 Å². The lowest BCUT2D eigenvalue weighted by Crippen LogP contribution is -2.13. The zero-order chi connectivity index (χ0) is 48.3. The minimum atomic E-state index is -0.443. The van der Waals surface area contributed by atoms with Crippen LogP contribution in [0.25, 0.3) is 0 Å². The minimum Gasteiger partial charge on any atom is -0.494 e. The van der Waals surface area contributed by atoms with Crippen LogP contribution in [0.1, 0.15) is 190 Å². The highest BCUT2D eigenvalue weighted by molar-refractivity contribution is 5.91. The van der Waals surface area contributed by atoms with Crippen molar-refractivity contribution in [3.63, 3.8) is 0 Å². The zero-order valence-electron chi connectivity index (χ0n) is 40.5. The van der Waals surface area contributed by atoms with Crippen molar-refractivity contribution in [2.45, 2.75) is 174 Å². The lowest BCUT2D eigenvalue weighted by molar-refractivity contribution is -0.145. The molecule has 0 aromatic heterocycles. The molecule has 1 fully saturated rings. The van der Waals surface area contributed by atoms with Crippen molar-refractivity contribution >= 4 is 35.8 Å². The molecule has 0 unspecified atom stereocenters. The molecule has 3 rings (SSSR count). The SMILES string of the molecule is C=C(C)C(=O)OCCCCC(=O)OCCCCC(=O)OCCCCC(=O)OCCCCC(=O)OCCCCCCOc1ccc(C(=O)Oc2ccc(C3CCC(CCCCC)CC3)cc2)cc1. The summed E-state index contributed by atoms with van der Waals surface area (Å²) in [6, 6.07) is 15.0. The third kappa shape index (κ3) is 26.7. The van der Waals surface area contributed by atoms with Crippen molar-refractivity contribution in [2.75, 3.05) is 39.6 Å². The Kier molecular flexibility index (Phi) is 29.3. The second-order valence-corrected chi connectivity index (χ2v) is 17.6. The number of hydrogen-bond donors (Lipinski definition) is 0. The standard InChI is InChI=1S/C54H78O13/c1-4-5-8-19-43-24-26-44(27-25-43)45-28-34-48(35-29-45)67-54(60)46-30-32-47(33-31-46)61-36-13-6-7-14-37-62-49(55)20-9-15-38-63-50(56)21-10-16-39-64-51(57)22-11-17-40-65-52(58)23-12-18-41-66-53(59)42(2)3/h28-35,43-44H,2,4-27,36-41H2,1,3H3. The molecule has 0 saturated heterocycles. The minimum absolute atomic E-state index is 0.215. The van der Waals surface area contributed by atoms with Crippen molar-refractivity contribution in [1.29, 1.82) is 0 Å². The molecule has 0 N–H and O–H groups in total. The van der Waals surface area contributed by atoms with E-state index in [-0.39, 0.29) is 76.0 Å². The van der Waals surface area contributed by atoms with Gasteiger partial charge in [-0.1, -0.05) is 51.3 Å². The Morgan fingerprint density at radius 1 is 0.493 bits per heavy atom. The summed E-state index contributed by atoms with van der Waals surface area (Å²) in [4.78, 5) is 71.9. The van der Waals surface area contributed by atoms with Gasteiger partial charge in [-0.25, -0.2) is 9.59 Å². The van der Waals surface area contributed by atoms with Crippen LogP contribution < -0.4 is 9.47 Å². The Hall–Kier alpha value is -5.20. The number of ether oxygens (including phenoxy) is 7. The van der Waals surface area contributed by atoms with Gasteiger partial charge in [0.05, 0.1) is 45.2 Å². The molecule has 0 radical (unpaired) electrons. The number of rotatable bonds is 36. The second kappa shape index (κ2) is 35.0. The predicted octanol–water partition coefficient (Wildman–Crippen LogP) is 11.7. The number of carbonyl (C=O) groups is 6. The summed E-state index contributed by atoms with van der Waals surface area (Å²) < 4.78 is 37.4. The third-order valence-corrected chi connectivity index (χ3v) is 11.8. The molecule has 1 saturated carbocycles. The van der Waals surface area contributed by atoms with Crippen LogP contribution in [0.4, 0.5) is 0 Å². The van der Waals surface area contributed by atoms with Crippen LogP contribution in [-0.4, -0.2) is 75.5 Å². The van der Waals surface area contributed by atoms with E-state index in [9.17, 15) is 28.8 Å². The van der Waals surface area contributed by atoms with Crippen molar-refractivity contribution in [1.82, 2.24) is 0 Å². The fourth-order valence-corrected chi connectivity index (χ4v) is 7.68. The van der Waals surface area contributed by atoms with Crippen LogP contribution in [0.2, 0.25) is 0 Å². The zero-order valence-corrected chi connectivity index (χ0v) is 40.5. The molecular weight excluding hydrogens is 857 g/mol. The molecule has 1 aliphatic carbocycles. The average molecular weight is 935 g/mol. The van der Waals surface area contributed by atoms with Gasteiger partial charge in [-0.3, -0.25) is 19.2 Å². The highest BCUT2D eigenvalue weighted by Crippen LogP contribution is 2.38. The molecule has 0 atom stereocenters. The van der Waals surface area contributed by atoms with E-state index < -0.39 is 11.9 Å². The van der Waals surface area contributed by atoms with Gasteiger partial charge >= 0.3 is 35.8 Å². The van der Waals surface area contributed by atoms with Gasteiger partial charge in [0, 0.05) is 31.3 Å². The number of benzene rings is 2. The summed E-state index contributed by atoms with van der Waals surface area (Å²) in [6.07, 6.45) is 19.2. The van der Waals surface area contributed by atoms with Gasteiger partial charge in [-0.15, -0.1) is 0 Å². The topological polar surface area (TPSA) is 167 Å². The average Bonchev–Trinajstić information content (AvgIpc) is 3.32. The van der Waals surface area contributed by atoms with E-state index in [4.69, 9.17) is 33.2 Å². The lowest BCUT2D eigenvalue weighted by atomic mass is 9.77. The monoisotopic (exact) mass is 935 g/mol. The van der Waals surface area contributed by atoms with Gasteiger partial charge in [-0.2, -0.15) is 0 Å². The number of carbonyl (C=O) groups excluding carboxylic acids is 6. The molecular formula is C54H78O13. The van der Waals surface area contributed by atoms with E-state index in [1.807, 2.05) is 12.1 Å². The largest absolute Gasteiger partial charge is 0.494 e. The number of hydrogen-bond acceptors (Lipinski definition) is 13. The van der Waals surface area contributed by atoms with Crippen LogP contribution in [0.5, 0.6) is 11.5 Å². The summed E-state index contributed by atoms with van der Waals surface area (Å²) in [7, 11) is 0. The molecule has 2 aromatic rings. The molecule has 2 aromatic carbocycles. The van der Waals surface area contributed by atoms with Crippen molar-refractivity contribution < 1.29 is 61.9 Å². The van der Waals surface area contributed by atoms with Gasteiger partial charge in [0.15, 0.2) is 0 Å². The lowest BCUT2D eigenvalue weighted by Gasteiger charge is -2.29.